The lowest BCUT2D eigenvalue weighted by atomic mass is 9.98. The molecule has 3 aromatic rings. The maximum absolute atomic E-state index is 4.55. The molecule has 1 N–H and O–H groups in total. The molecule has 2 heterocycles. The molecule has 0 radical (unpaired) electrons. The van der Waals surface area contributed by atoms with Crippen LogP contribution in [0.15, 0.2) is 53.3 Å². The molecule has 0 aliphatic carbocycles. The number of nitrogens with one attached hydrogen (secondary N) is 1. The van der Waals surface area contributed by atoms with E-state index in [-0.39, 0.29) is 6.04 Å². The molecule has 3 rings (SSSR count). The first-order chi connectivity index (χ1) is 10.2. The normalized spacial score (nSPS) is 12.5. The van der Waals surface area contributed by atoms with Crippen molar-refractivity contribution in [3.63, 3.8) is 0 Å². The monoisotopic (exact) mass is 341 g/mol. The summed E-state index contributed by atoms with van der Waals surface area (Å²) in [5, 5.41) is 4.51. The highest BCUT2D eigenvalue weighted by Crippen LogP contribution is 2.26. The average molecular weight is 342 g/mol. The first kappa shape index (κ1) is 14.2. The maximum Gasteiger partial charge on any atom is 0.0705 e. The number of halogens is 1. The second-order valence-electron chi connectivity index (χ2n) is 5.06. The van der Waals surface area contributed by atoms with E-state index in [0.29, 0.717) is 0 Å². The number of pyridine rings is 2. The minimum absolute atomic E-state index is 0.112. The standard InChI is InChI=1S/C17H16BrN3/c1-11-3-4-12-7-13(5-6-16(12)21-11)17(19-2)14-8-15(18)10-20-9-14/h3-10,17,19H,1-2H3. The Kier molecular flexibility index (Phi) is 3.99. The molecule has 2 aromatic heterocycles. The van der Waals surface area contributed by atoms with Crippen LogP contribution in [-0.2, 0) is 0 Å². The van der Waals surface area contributed by atoms with Gasteiger partial charge in [-0.3, -0.25) is 9.97 Å². The third-order valence-corrected chi connectivity index (χ3v) is 3.97. The van der Waals surface area contributed by atoms with E-state index in [1.807, 2.05) is 26.2 Å². The quantitative estimate of drug-likeness (QED) is 0.782. The van der Waals surface area contributed by atoms with E-state index >= 15 is 0 Å². The van der Waals surface area contributed by atoms with Crippen LogP contribution < -0.4 is 5.32 Å². The van der Waals surface area contributed by atoms with Gasteiger partial charge in [-0.05, 0) is 65.3 Å². The SMILES string of the molecule is CNC(c1cncc(Br)c1)c1ccc2nc(C)ccc2c1. The zero-order valence-corrected chi connectivity index (χ0v) is 13.6. The van der Waals surface area contributed by atoms with Gasteiger partial charge in [0.15, 0.2) is 0 Å². The first-order valence-electron chi connectivity index (χ1n) is 6.82. The molecule has 1 aromatic carbocycles. The van der Waals surface area contributed by atoms with E-state index in [9.17, 15) is 0 Å². The second-order valence-corrected chi connectivity index (χ2v) is 5.98. The number of hydrogen-bond donors (Lipinski definition) is 1. The number of nitrogens with zero attached hydrogens (tertiary/aromatic N) is 2. The van der Waals surface area contributed by atoms with Crippen molar-refractivity contribution >= 4 is 26.8 Å². The summed E-state index contributed by atoms with van der Waals surface area (Å²) in [6.45, 7) is 2.01. The lowest BCUT2D eigenvalue weighted by molar-refractivity contribution is 0.689. The molecule has 0 spiro atoms. The third kappa shape index (κ3) is 2.96. The summed E-state index contributed by atoms with van der Waals surface area (Å²) < 4.78 is 0.985. The van der Waals surface area contributed by atoms with Crippen LogP contribution in [0.25, 0.3) is 10.9 Å². The molecule has 3 nitrogen and oxygen atoms in total. The van der Waals surface area contributed by atoms with Crippen LogP contribution in [0.1, 0.15) is 22.9 Å². The van der Waals surface area contributed by atoms with Crippen molar-refractivity contribution in [3.8, 4) is 0 Å². The molecule has 1 unspecified atom stereocenters. The molecule has 0 bridgehead atoms. The predicted octanol–water partition coefficient (Wildman–Crippen LogP) is 4.01. The Labute approximate surface area is 132 Å². The smallest absolute Gasteiger partial charge is 0.0705 e. The Morgan fingerprint density at radius 3 is 2.67 bits per heavy atom. The highest BCUT2D eigenvalue weighted by atomic mass is 79.9. The van der Waals surface area contributed by atoms with Crippen LogP contribution in [0.5, 0.6) is 0 Å². The van der Waals surface area contributed by atoms with E-state index in [4.69, 9.17) is 0 Å². The van der Waals surface area contributed by atoms with E-state index in [0.717, 1.165) is 26.6 Å². The van der Waals surface area contributed by atoms with Crippen LogP contribution in [0.2, 0.25) is 0 Å². The summed E-state index contributed by atoms with van der Waals surface area (Å²) in [6, 6.07) is 12.7. The van der Waals surface area contributed by atoms with Gasteiger partial charge in [0, 0.05) is 27.9 Å². The molecular weight excluding hydrogens is 326 g/mol. The predicted molar refractivity (Wildman–Crippen MR) is 89.3 cm³/mol. The molecule has 4 heteroatoms. The summed E-state index contributed by atoms with van der Waals surface area (Å²) in [7, 11) is 1.96. The zero-order valence-electron chi connectivity index (χ0n) is 12.0. The molecule has 106 valence electrons. The highest BCUT2D eigenvalue weighted by molar-refractivity contribution is 9.10. The van der Waals surface area contributed by atoms with Crippen molar-refractivity contribution < 1.29 is 0 Å². The lowest BCUT2D eigenvalue weighted by Crippen LogP contribution is -2.17. The molecule has 1 atom stereocenters. The lowest BCUT2D eigenvalue weighted by Gasteiger charge is -2.17. The van der Waals surface area contributed by atoms with Crippen molar-refractivity contribution in [2.75, 3.05) is 7.05 Å². The van der Waals surface area contributed by atoms with E-state index in [2.05, 4.69) is 61.5 Å². The van der Waals surface area contributed by atoms with Gasteiger partial charge in [-0.2, -0.15) is 0 Å². The maximum atomic E-state index is 4.55. The Hall–Kier alpha value is -1.78. The Balaban J connectivity index is 2.06. The van der Waals surface area contributed by atoms with Crippen LogP contribution in [0.4, 0.5) is 0 Å². The van der Waals surface area contributed by atoms with Gasteiger partial charge in [-0.15, -0.1) is 0 Å². The Bertz CT molecular complexity index is 786. The fourth-order valence-corrected chi connectivity index (χ4v) is 2.92. The molecule has 0 fully saturated rings. The van der Waals surface area contributed by atoms with Gasteiger partial charge in [0.1, 0.15) is 0 Å². The van der Waals surface area contributed by atoms with Gasteiger partial charge < -0.3 is 5.32 Å². The molecule has 21 heavy (non-hydrogen) atoms. The number of rotatable bonds is 3. The van der Waals surface area contributed by atoms with Gasteiger partial charge in [-0.25, -0.2) is 0 Å². The van der Waals surface area contributed by atoms with E-state index < -0.39 is 0 Å². The Morgan fingerprint density at radius 1 is 1.05 bits per heavy atom. The molecule has 0 amide bonds. The van der Waals surface area contributed by atoms with Crippen LogP contribution in [-0.4, -0.2) is 17.0 Å². The summed E-state index contributed by atoms with van der Waals surface area (Å²) in [6.07, 6.45) is 3.69. The van der Waals surface area contributed by atoms with Crippen molar-refractivity contribution in [2.45, 2.75) is 13.0 Å². The van der Waals surface area contributed by atoms with Gasteiger partial charge >= 0.3 is 0 Å². The Morgan fingerprint density at radius 2 is 1.90 bits per heavy atom. The van der Waals surface area contributed by atoms with Gasteiger partial charge in [0.25, 0.3) is 0 Å². The van der Waals surface area contributed by atoms with Crippen molar-refractivity contribution in [2.24, 2.45) is 0 Å². The topological polar surface area (TPSA) is 37.8 Å². The van der Waals surface area contributed by atoms with Crippen LogP contribution in [0, 0.1) is 6.92 Å². The minimum Gasteiger partial charge on any atom is -0.309 e. The van der Waals surface area contributed by atoms with Crippen LogP contribution >= 0.6 is 15.9 Å². The molecular formula is C17H16BrN3. The van der Waals surface area contributed by atoms with E-state index in [1.54, 1.807) is 6.20 Å². The first-order valence-corrected chi connectivity index (χ1v) is 7.62. The molecule has 0 aliphatic heterocycles. The summed E-state index contributed by atoms with van der Waals surface area (Å²) >= 11 is 3.48. The molecule has 0 saturated heterocycles. The second kappa shape index (κ2) is 5.92. The average Bonchev–Trinajstić information content (AvgIpc) is 2.48. The number of fused-ring (bicyclic) bond motifs is 1. The number of hydrogen-bond acceptors (Lipinski definition) is 3. The molecule has 0 saturated carbocycles. The van der Waals surface area contributed by atoms with Crippen molar-refractivity contribution in [1.29, 1.82) is 0 Å². The largest absolute Gasteiger partial charge is 0.309 e. The van der Waals surface area contributed by atoms with Gasteiger partial charge in [0.05, 0.1) is 11.6 Å². The third-order valence-electron chi connectivity index (χ3n) is 3.53. The van der Waals surface area contributed by atoms with Crippen molar-refractivity contribution in [1.82, 2.24) is 15.3 Å². The zero-order chi connectivity index (χ0) is 14.8. The fraction of sp³-hybridized carbons (Fsp3) is 0.176. The van der Waals surface area contributed by atoms with Gasteiger partial charge in [-0.1, -0.05) is 12.1 Å². The van der Waals surface area contributed by atoms with Crippen LogP contribution in [0.3, 0.4) is 0 Å². The number of aromatic nitrogens is 2. The summed E-state index contributed by atoms with van der Waals surface area (Å²) in [4.78, 5) is 8.80. The summed E-state index contributed by atoms with van der Waals surface area (Å²) in [5.41, 5.74) is 4.40. The minimum atomic E-state index is 0.112. The highest BCUT2D eigenvalue weighted by Gasteiger charge is 2.13. The van der Waals surface area contributed by atoms with Crippen molar-refractivity contribution in [3.05, 3.63) is 70.1 Å². The van der Waals surface area contributed by atoms with E-state index in [1.165, 1.54) is 5.56 Å². The molecule has 0 aliphatic rings. The fourth-order valence-electron chi connectivity index (χ4n) is 2.54. The van der Waals surface area contributed by atoms with Gasteiger partial charge in [0.2, 0.25) is 0 Å². The number of benzene rings is 1. The summed E-state index contributed by atoms with van der Waals surface area (Å²) in [5.74, 6) is 0. The number of aryl methyl sites for hydroxylation is 1.